The van der Waals surface area contributed by atoms with Crippen molar-refractivity contribution >= 4 is 29.2 Å². The number of carbonyl (C=O) groups is 2. The van der Waals surface area contributed by atoms with Crippen molar-refractivity contribution in [3.05, 3.63) is 59.4 Å². The van der Waals surface area contributed by atoms with Gasteiger partial charge in [-0.1, -0.05) is 24.6 Å². The van der Waals surface area contributed by atoms with Crippen molar-refractivity contribution in [2.45, 2.75) is 19.4 Å². The van der Waals surface area contributed by atoms with E-state index in [1.54, 1.807) is 49.5 Å². The Bertz CT molecular complexity index is 661. The van der Waals surface area contributed by atoms with Crippen LogP contribution in [-0.4, -0.2) is 23.0 Å². The Morgan fingerprint density at radius 2 is 2.14 bits per heavy atom. The molecular weight excluding hydrogens is 304 g/mol. The molecule has 1 aromatic heterocycles. The largest absolute Gasteiger partial charge is 0.449 e. The Morgan fingerprint density at radius 3 is 2.77 bits per heavy atom. The zero-order valence-electron chi connectivity index (χ0n) is 12.0. The van der Waals surface area contributed by atoms with Crippen molar-refractivity contribution in [1.82, 2.24) is 4.98 Å². The standard InChI is InChI=1S/C16H15ClN2O3/c1-2-14(22-16(21)11-5-4-8-18-10-11)15(20)19-13-7-3-6-12(17)9-13/h3-10,14H,2H2,1H3,(H,19,20). The number of nitrogens with one attached hydrogen (secondary N) is 1. The smallest absolute Gasteiger partial charge is 0.340 e. The molecule has 1 heterocycles. The van der Waals surface area contributed by atoms with Gasteiger partial charge in [-0.15, -0.1) is 0 Å². The average molecular weight is 319 g/mol. The first-order valence-corrected chi connectivity index (χ1v) is 7.15. The number of anilines is 1. The van der Waals surface area contributed by atoms with Crippen LogP contribution in [0.2, 0.25) is 5.02 Å². The topological polar surface area (TPSA) is 68.3 Å². The number of benzene rings is 1. The molecule has 1 unspecified atom stereocenters. The SMILES string of the molecule is CCC(OC(=O)c1cccnc1)C(=O)Nc1cccc(Cl)c1. The van der Waals surface area contributed by atoms with E-state index in [1.807, 2.05) is 0 Å². The minimum absolute atomic E-state index is 0.302. The van der Waals surface area contributed by atoms with Crippen LogP contribution in [0.15, 0.2) is 48.8 Å². The monoisotopic (exact) mass is 318 g/mol. The van der Waals surface area contributed by atoms with Crippen LogP contribution in [0.25, 0.3) is 0 Å². The predicted octanol–water partition coefficient (Wildman–Crippen LogP) is 3.31. The number of esters is 1. The fourth-order valence-electron chi connectivity index (χ4n) is 1.79. The fourth-order valence-corrected chi connectivity index (χ4v) is 1.98. The molecule has 0 spiro atoms. The Hall–Kier alpha value is -2.40. The summed E-state index contributed by atoms with van der Waals surface area (Å²) < 4.78 is 5.23. The van der Waals surface area contributed by atoms with Gasteiger partial charge in [-0.3, -0.25) is 9.78 Å². The normalized spacial score (nSPS) is 11.5. The first-order chi connectivity index (χ1) is 10.6. The van der Waals surface area contributed by atoms with Gasteiger partial charge in [0.2, 0.25) is 0 Å². The maximum absolute atomic E-state index is 12.2. The van der Waals surface area contributed by atoms with Crippen LogP contribution in [0, 0.1) is 0 Å². The van der Waals surface area contributed by atoms with E-state index in [4.69, 9.17) is 16.3 Å². The third kappa shape index (κ3) is 4.30. The Kier molecular flexibility index (Phi) is 5.49. The molecule has 1 atom stereocenters. The summed E-state index contributed by atoms with van der Waals surface area (Å²) in [5.41, 5.74) is 0.852. The number of pyridine rings is 1. The Morgan fingerprint density at radius 1 is 1.32 bits per heavy atom. The van der Waals surface area contributed by atoms with Crippen molar-refractivity contribution in [1.29, 1.82) is 0 Å². The van der Waals surface area contributed by atoms with Crippen molar-refractivity contribution in [3.63, 3.8) is 0 Å². The highest BCUT2D eigenvalue weighted by Crippen LogP contribution is 2.16. The van der Waals surface area contributed by atoms with Crippen LogP contribution < -0.4 is 5.32 Å². The Balaban J connectivity index is 2.02. The summed E-state index contributed by atoms with van der Waals surface area (Å²) in [7, 11) is 0. The molecule has 114 valence electrons. The number of hydrogen-bond acceptors (Lipinski definition) is 4. The maximum Gasteiger partial charge on any atom is 0.340 e. The lowest BCUT2D eigenvalue weighted by Gasteiger charge is -2.16. The van der Waals surface area contributed by atoms with Gasteiger partial charge in [0.05, 0.1) is 5.56 Å². The quantitative estimate of drug-likeness (QED) is 0.859. The molecule has 0 saturated carbocycles. The second-order valence-electron chi connectivity index (χ2n) is 4.54. The van der Waals surface area contributed by atoms with Crippen molar-refractivity contribution in [2.75, 3.05) is 5.32 Å². The van der Waals surface area contributed by atoms with E-state index in [2.05, 4.69) is 10.3 Å². The van der Waals surface area contributed by atoms with Gasteiger partial charge in [0, 0.05) is 23.1 Å². The maximum atomic E-state index is 12.2. The molecule has 1 aromatic carbocycles. The van der Waals surface area contributed by atoms with Gasteiger partial charge in [0.1, 0.15) is 0 Å². The first kappa shape index (κ1) is 16.0. The number of carbonyl (C=O) groups excluding carboxylic acids is 2. The summed E-state index contributed by atoms with van der Waals surface area (Å²) in [6.45, 7) is 1.76. The summed E-state index contributed by atoms with van der Waals surface area (Å²) in [5.74, 6) is -0.983. The average Bonchev–Trinajstić information content (AvgIpc) is 2.53. The van der Waals surface area contributed by atoms with Gasteiger partial charge in [0.15, 0.2) is 6.10 Å². The number of amides is 1. The number of rotatable bonds is 5. The minimum Gasteiger partial charge on any atom is -0.449 e. The van der Waals surface area contributed by atoms with Gasteiger partial charge < -0.3 is 10.1 Å². The lowest BCUT2D eigenvalue weighted by atomic mass is 10.2. The molecule has 0 bridgehead atoms. The van der Waals surface area contributed by atoms with Gasteiger partial charge in [-0.2, -0.15) is 0 Å². The first-order valence-electron chi connectivity index (χ1n) is 6.77. The minimum atomic E-state index is -0.883. The van der Waals surface area contributed by atoms with E-state index < -0.39 is 18.0 Å². The number of hydrogen-bond donors (Lipinski definition) is 1. The second kappa shape index (κ2) is 7.56. The molecule has 5 nitrogen and oxygen atoms in total. The fraction of sp³-hybridized carbons (Fsp3) is 0.188. The van der Waals surface area contributed by atoms with E-state index in [1.165, 1.54) is 6.20 Å². The van der Waals surface area contributed by atoms with E-state index in [0.29, 0.717) is 22.7 Å². The number of ether oxygens (including phenoxy) is 1. The van der Waals surface area contributed by atoms with E-state index in [-0.39, 0.29) is 0 Å². The van der Waals surface area contributed by atoms with E-state index >= 15 is 0 Å². The van der Waals surface area contributed by atoms with Crippen molar-refractivity contribution in [3.8, 4) is 0 Å². The van der Waals surface area contributed by atoms with Crippen LogP contribution in [0.1, 0.15) is 23.7 Å². The molecule has 0 aliphatic rings. The third-order valence-electron chi connectivity index (χ3n) is 2.90. The number of nitrogens with zero attached hydrogens (tertiary/aromatic N) is 1. The van der Waals surface area contributed by atoms with Gasteiger partial charge in [-0.25, -0.2) is 4.79 Å². The summed E-state index contributed by atoms with van der Waals surface area (Å²) in [5, 5.41) is 3.19. The molecule has 0 aliphatic carbocycles. The highest BCUT2D eigenvalue weighted by Gasteiger charge is 2.22. The van der Waals surface area contributed by atoms with Gasteiger partial charge >= 0.3 is 5.97 Å². The van der Waals surface area contributed by atoms with Crippen LogP contribution in [0.4, 0.5) is 5.69 Å². The molecule has 2 aromatic rings. The summed E-state index contributed by atoms with van der Waals surface area (Å²) in [4.78, 5) is 28.0. The van der Waals surface area contributed by atoms with Crippen molar-refractivity contribution < 1.29 is 14.3 Å². The molecule has 0 radical (unpaired) electrons. The highest BCUT2D eigenvalue weighted by molar-refractivity contribution is 6.30. The van der Waals surface area contributed by atoms with Crippen LogP contribution >= 0.6 is 11.6 Å². The third-order valence-corrected chi connectivity index (χ3v) is 3.14. The molecule has 1 N–H and O–H groups in total. The van der Waals surface area contributed by atoms with Crippen molar-refractivity contribution in [2.24, 2.45) is 0 Å². The molecule has 0 aliphatic heterocycles. The molecule has 0 saturated heterocycles. The second-order valence-corrected chi connectivity index (χ2v) is 4.98. The molecule has 6 heteroatoms. The molecule has 22 heavy (non-hydrogen) atoms. The molecular formula is C16H15ClN2O3. The number of aromatic nitrogens is 1. The summed E-state index contributed by atoms with van der Waals surface area (Å²) >= 11 is 5.86. The summed E-state index contributed by atoms with van der Waals surface area (Å²) in [6.07, 6.45) is 2.43. The zero-order chi connectivity index (χ0) is 15.9. The van der Waals surface area contributed by atoms with Gasteiger partial charge in [-0.05, 0) is 36.8 Å². The summed E-state index contributed by atoms with van der Waals surface area (Å²) in [6, 6.07) is 9.96. The van der Waals surface area contributed by atoms with Crippen LogP contribution in [-0.2, 0) is 9.53 Å². The zero-order valence-corrected chi connectivity index (χ0v) is 12.7. The Labute approximate surface area is 133 Å². The van der Waals surface area contributed by atoms with E-state index in [0.717, 1.165) is 0 Å². The highest BCUT2D eigenvalue weighted by atomic mass is 35.5. The molecule has 2 rings (SSSR count). The lowest BCUT2D eigenvalue weighted by Crippen LogP contribution is -2.32. The van der Waals surface area contributed by atoms with E-state index in [9.17, 15) is 9.59 Å². The number of halogens is 1. The lowest BCUT2D eigenvalue weighted by molar-refractivity contribution is -0.124. The van der Waals surface area contributed by atoms with Crippen LogP contribution in [0.3, 0.4) is 0 Å². The molecule has 0 fully saturated rings. The molecule has 1 amide bonds. The van der Waals surface area contributed by atoms with Gasteiger partial charge in [0.25, 0.3) is 5.91 Å². The van der Waals surface area contributed by atoms with Crippen LogP contribution in [0.5, 0.6) is 0 Å². The predicted molar refractivity (Wildman–Crippen MR) is 83.8 cm³/mol.